The Balaban J connectivity index is 1.47. The number of benzene rings is 1. The zero-order valence-electron chi connectivity index (χ0n) is 17.1. The van der Waals surface area contributed by atoms with Gasteiger partial charge in [-0.3, -0.25) is 10.1 Å². The van der Waals surface area contributed by atoms with Gasteiger partial charge in [0.05, 0.1) is 18.5 Å². The monoisotopic (exact) mass is 425 g/mol. The van der Waals surface area contributed by atoms with Crippen molar-refractivity contribution in [2.75, 3.05) is 11.9 Å². The molecule has 0 saturated carbocycles. The highest BCUT2D eigenvalue weighted by Gasteiger charge is 2.28. The number of ether oxygens (including phenoxy) is 1. The molecule has 0 bridgehead atoms. The van der Waals surface area contributed by atoms with E-state index in [-0.39, 0.29) is 17.8 Å². The average Bonchev–Trinajstić information content (AvgIpc) is 3.33. The van der Waals surface area contributed by atoms with Gasteiger partial charge in [0.2, 0.25) is 0 Å². The number of anilines is 1. The zero-order valence-corrected chi connectivity index (χ0v) is 17.9. The first-order valence-corrected chi connectivity index (χ1v) is 10.5. The minimum atomic E-state index is -0.538. The molecule has 0 aliphatic carbocycles. The minimum absolute atomic E-state index is 0.241. The molecule has 1 N–H and O–H groups in total. The fraction of sp³-hybridized carbons (Fsp3) is 0.318. The first-order chi connectivity index (χ1) is 14.3. The van der Waals surface area contributed by atoms with Gasteiger partial charge in [-0.1, -0.05) is 41.7 Å². The van der Waals surface area contributed by atoms with Crippen LogP contribution in [-0.2, 0) is 17.7 Å². The number of hydrogen-bond acceptors (Lipinski definition) is 6. The summed E-state index contributed by atoms with van der Waals surface area (Å²) in [7, 11) is 0. The van der Waals surface area contributed by atoms with Crippen LogP contribution in [0, 0.1) is 0 Å². The topological polar surface area (TPSA) is 84.7 Å². The highest BCUT2D eigenvalue weighted by atomic mass is 32.1. The lowest BCUT2D eigenvalue weighted by atomic mass is 10.1. The standard InChI is InChI=1S/C22H23N3O4S/c1-22(2,3)29-21(27)25-11-9-16-17(13-25)30-20(23-16)24-19(26)18-15(10-12-28-18)14-7-5-4-6-8-14/h4-8,10,12H,9,11,13H2,1-3H3,(H,23,24,26). The Morgan fingerprint density at radius 1 is 1.20 bits per heavy atom. The molecule has 0 spiro atoms. The van der Waals surface area contributed by atoms with Crippen molar-refractivity contribution >= 4 is 28.5 Å². The second kappa shape index (κ2) is 7.95. The van der Waals surface area contributed by atoms with Gasteiger partial charge >= 0.3 is 6.09 Å². The maximum atomic E-state index is 12.8. The maximum Gasteiger partial charge on any atom is 0.410 e. The number of nitrogens with one attached hydrogen (secondary N) is 1. The Morgan fingerprint density at radius 3 is 2.70 bits per heavy atom. The molecule has 1 aromatic carbocycles. The lowest BCUT2D eigenvalue weighted by Gasteiger charge is -2.29. The summed E-state index contributed by atoms with van der Waals surface area (Å²) < 4.78 is 10.9. The molecule has 156 valence electrons. The third-order valence-corrected chi connectivity index (χ3v) is 5.56. The number of carbonyl (C=O) groups is 2. The van der Waals surface area contributed by atoms with E-state index in [2.05, 4.69) is 10.3 Å². The maximum absolute atomic E-state index is 12.8. The van der Waals surface area contributed by atoms with E-state index < -0.39 is 5.60 Å². The summed E-state index contributed by atoms with van der Waals surface area (Å²) in [5.74, 6) is -0.112. The minimum Gasteiger partial charge on any atom is -0.459 e. The Labute approximate surface area is 178 Å². The molecule has 7 nitrogen and oxygen atoms in total. The molecular formula is C22H23N3O4S. The van der Waals surface area contributed by atoms with Crippen LogP contribution in [0.2, 0.25) is 0 Å². The van der Waals surface area contributed by atoms with E-state index in [0.717, 1.165) is 21.7 Å². The van der Waals surface area contributed by atoms with Gasteiger partial charge in [0.15, 0.2) is 10.9 Å². The van der Waals surface area contributed by atoms with Gasteiger partial charge in [-0.25, -0.2) is 9.78 Å². The van der Waals surface area contributed by atoms with Crippen LogP contribution < -0.4 is 5.32 Å². The van der Waals surface area contributed by atoms with Gasteiger partial charge in [0.1, 0.15) is 5.60 Å². The summed E-state index contributed by atoms with van der Waals surface area (Å²) in [6, 6.07) is 11.4. The molecule has 0 saturated heterocycles. The van der Waals surface area contributed by atoms with Crippen molar-refractivity contribution in [3.05, 3.63) is 59.0 Å². The van der Waals surface area contributed by atoms with Gasteiger partial charge < -0.3 is 14.1 Å². The first-order valence-electron chi connectivity index (χ1n) is 9.71. The largest absolute Gasteiger partial charge is 0.459 e. The fourth-order valence-electron chi connectivity index (χ4n) is 3.22. The first kappa shape index (κ1) is 20.2. The summed E-state index contributed by atoms with van der Waals surface area (Å²) in [6.45, 7) is 6.50. The predicted octanol–water partition coefficient (Wildman–Crippen LogP) is 4.95. The van der Waals surface area contributed by atoms with Crippen molar-refractivity contribution in [2.45, 2.75) is 39.3 Å². The number of aromatic nitrogens is 1. The van der Waals surface area contributed by atoms with E-state index in [1.807, 2.05) is 51.1 Å². The number of fused-ring (bicyclic) bond motifs is 1. The molecule has 30 heavy (non-hydrogen) atoms. The molecule has 0 fully saturated rings. The quantitative estimate of drug-likeness (QED) is 0.642. The van der Waals surface area contributed by atoms with Crippen LogP contribution in [0.4, 0.5) is 9.93 Å². The smallest absolute Gasteiger partial charge is 0.410 e. The van der Waals surface area contributed by atoms with Gasteiger partial charge in [-0.2, -0.15) is 0 Å². The van der Waals surface area contributed by atoms with Crippen molar-refractivity contribution in [2.24, 2.45) is 0 Å². The summed E-state index contributed by atoms with van der Waals surface area (Å²) in [5.41, 5.74) is 2.00. The van der Waals surface area contributed by atoms with Crippen LogP contribution >= 0.6 is 11.3 Å². The van der Waals surface area contributed by atoms with Crippen LogP contribution in [0.3, 0.4) is 0 Å². The number of rotatable bonds is 3. The van der Waals surface area contributed by atoms with Crippen molar-refractivity contribution in [3.8, 4) is 11.1 Å². The number of nitrogens with zero attached hydrogens (tertiary/aromatic N) is 2. The molecule has 2 aromatic heterocycles. The lowest BCUT2D eigenvalue weighted by Crippen LogP contribution is -2.39. The Hall–Kier alpha value is -3.13. The molecule has 8 heteroatoms. The summed E-state index contributed by atoms with van der Waals surface area (Å²) in [4.78, 5) is 32.3. The number of amides is 2. The number of hydrogen-bond donors (Lipinski definition) is 1. The second-order valence-electron chi connectivity index (χ2n) is 8.02. The van der Waals surface area contributed by atoms with Crippen LogP contribution in [0.15, 0.2) is 47.1 Å². The molecule has 4 rings (SSSR count). The number of carbonyl (C=O) groups excluding carboxylic acids is 2. The van der Waals surface area contributed by atoms with Crippen LogP contribution in [-0.4, -0.2) is 34.0 Å². The lowest BCUT2D eigenvalue weighted by molar-refractivity contribution is 0.0225. The molecule has 2 amide bonds. The van der Waals surface area contributed by atoms with Crippen LogP contribution in [0.1, 0.15) is 41.9 Å². The van der Waals surface area contributed by atoms with Gasteiger partial charge in [-0.15, -0.1) is 0 Å². The van der Waals surface area contributed by atoms with Crippen LogP contribution in [0.5, 0.6) is 0 Å². The van der Waals surface area contributed by atoms with Crippen molar-refractivity contribution in [1.82, 2.24) is 9.88 Å². The second-order valence-corrected chi connectivity index (χ2v) is 9.11. The molecule has 1 aliphatic rings. The molecule has 0 unspecified atom stereocenters. The average molecular weight is 426 g/mol. The van der Waals surface area contributed by atoms with Gasteiger partial charge in [-0.05, 0) is 32.4 Å². The van der Waals surface area contributed by atoms with E-state index in [9.17, 15) is 9.59 Å². The van der Waals surface area contributed by atoms with E-state index in [4.69, 9.17) is 9.15 Å². The molecule has 0 atom stereocenters. The normalized spacial score (nSPS) is 13.6. The SMILES string of the molecule is CC(C)(C)OC(=O)N1CCc2nc(NC(=O)c3occc3-c3ccccc3)sc2C1. The van der Waals surface area contributed by atoms with Crippen molar-refractivity contribution in [1.29, 1.82) is 0 Å². The highest BCUT2D eigenvalue weighted by molar-refractivity contribution is 7.15. The molecule has 0 radical (unpaired) electrons. The van der Waals surface area contributed by atoms with Gasteiger partial charge in [0.25, 0.3) is 5.91 Å². The Morgan fingerprint density at radius 2 is 1.97 bits per heavy atom. The fourth-order valence-corrected chi connectivity index (χ4v) is 4.23. The molecule has 3 aromatic rings. The van der Waals surface area contributed by atoms with Gasteiger partial charge in [0, 0.05) is 23.4 Å². The predicted molar refractivity (Wildman–Crippen MR) is 115 cm³/mol. The summed E-state index contributed by atoms with van der Waals surface area (Å²) in [5, 5.41) is 3.33. The van der Waals surface area contributed by atoms with E-state index in [1.54, 1.807) is 11.0 Å². The Bertz CT molecular complexity index is 1070. The van der Waals surface area contributed by atoms with Crippen molar-refractivity contribution in [3.63, 3.8) is 0 Å². The summed E-state index contributed by atoms with van der Waals surface area (Å²) >= 11 is 1.37. The Kier molecular flexibility index (Phi) is 5.34. The van der Waals surface area contributed by atoms with E-state index in [0.29, 0.717) is 24.6 Å². The molecule has 1 aliphatic heterocycles. The zero-order chi connectivity index (χ0) is 21.3. The third kappa shape index (κ3) is 4.38. The highest BCUT2D eigenvalue weighted by Crippen LogP contribution is 2.31. The van der Waals surface area contributed by atoms with Crippen LogP contribution in [0.25, 0.3) is 11.1 Å². The molecule has 3 heterocycles. The third-order valence-electron chi connectivity index (χ3n) is 4.56. The summed E-state index contributed by atoms with van der Waals surface area (Å²) in [6.07, 6.45) is 1.79. The number of thiazole rings is 1. The van der Waals surface area contributed by atoms with Crippen molar-refractivity contribution < 1.29 is 18.7 Å². The van der Waals surface area contributed by atoms with E-state index in [1.165, 1.54) is 17.6 Å². The molecular weight excluding hydrogens is 402 g/mol. The van der Waals surface area contributed by atoms with E-state index >= 15 is 0 Å². The number of furan rings is 1.